The second-order valence-corrected chi connectivity index (χ2v) is 3.95. The van der Waals surface area contributed by atoms with E-state index < -0.39 is 0 Å². The first kappa shape index (κ1) is 10.1. The molecule has 0 aliphatic carbocycles. The molecule has 0 spiro atoms. The number of halogens is 1. The van der Waals surface area contributed by atoms with Crippen molar-refractivity contribution in [1.29, 1.82) is 0 Å². The lowest BCUT2D eigenvalue weighted by molar-refractivity contribution is -0.131. The highest BCUT2D eigenvalue weighted by atomic mass is 19.1. The second kappa shape index (κ2) is 3.65. The van der Waals surface area contributed by atoms with Gasteiger partial charge in [0, 0.05) is 19.0 Å². The molecule has 1 atom stereocenters. The van der Waals surface area contributed by atoms with Gasteiger partial charge in [-0.15, -0.1) is 0 Å². The maximum absolute atomic E-state index is 13.6. The Morgan fingerprint density at radius 2 is 2.27 bits per heavy atom. The maximum Gasteiger partial charge on any atom is 0.219 e. The number of carbonyl (C=O) groups excluding carboxylic acids is 1. The van der Waals surface area contributed by atoms with Crippen LogP contribution in [0.3, 0.4) is 0 Å². The zero-order valence-corrected chi connectivity index (χ0v) is 8.96. The quantitative estimate of drug-likeness (QED) is 0.639. The molecular weight excluding hydrogens is 193 g/mol. The summed E-state index contributed by atoms with van der Waals surface area (Å²) in [6, 6.07) is 4.97. The van der Waals surface area contributed by atoms with E-state index in [0.717, 1.165) is 12.0 Å². The van der Waals surface area contributed by atoms with Crippen molar-refractivity contribution in [2.24, 2.45) is 0 Å². The molecule has 1 aromatic carbocycles. The third-order valence-electron chi connectivity index (χ3n) is 3.06. The predicted molar refractivity (Wildman–Crippen MR) is 55.9 cm³/mol. The monoisotopic (exact) mass is 207 g/mol. The van der Waals surface area contributed by atoms with Gasteiger partial charge in [0.1, 0.15) is 5.82 Å². The third kappa shape index (κ3) is 1.62. The number of carbonyl (C=O) groups is 1. The topological polar surface area (TPSA) is 20.3 Å². The molecule has 0 radical (unpaired) electrons. The van der Waals surface area contributed by atoms with Crippen LogP contribution in [0, 0.1) is 5.82 Å². The van der Waals surface area contributed by atoms with Crippen LogP contribution < -0.4 is 0 Å². The number of hydrogen-bond acceptors (Lipinski definition) is 1. The van der Waals surface area contributed by atoms with Gasteiger partial charge >= 0.3 is 0 Å². The Morgan fingerprint density at radius 3 is 2.93 bits per heavy atom. The molecule has 0 aromatic heterocycles. The Labute approximate surface area is 88.7 Å². The van der Waals surface area contributed by atoms with Gasteiger partial charge in [-0.1, -0.05) is 12.1 Å². The number of benzene rings is 1. The summed E-state index contributed by atoms with van der Waals surface area (Å²) in [6.07, 6.45) is 0.747. The molecule has 0 saturated heterocycles. The highest BCUT2D eigenvalue weighted by Gasteiger charge is 2.27. The fraction of sp³-hybridized carbons (Fsp3) is 0.417. The van der Waals surface area contributed by atoms with Crippen molar-refractivity contribution < 1.29 is 9.18 Å². The molecule has 0 fully saturated rings. The van der Waals surface area contributed by atoms with E-state index in [1.165, 1.54) is 13.0 Å². The van der Waals surface area contributed by atoms with Crippen molar-refractivity contribution in [2.75, 3.05) is 6.54 Å². The molecule has 1 aromatic rings. The van der Waals surface area contributed by atoms with E-state index in [1.807, 2.05) is 13.0 Å². The summed E-state index contributed by atoms with van der Waals surface area (Å²) in [6.45, 7) is 4.10. The Balaban J connectivity index is 2.45. The molecule has 0 saturated carbocycles. The van der Waals surface area contributed by atoms with E-state index in [2.05, 4.69) is 0 Å². The first-order chi connectivity index (χ1) is 7.11. The Bertz CT molecular complexity index is 403. The van der Waals surface area contributed by atoms with E-state index in [9.17, 15) is 9.18 Å². The zero-order chi connectivity index (χ0) is 11.0. The van der Waals surface area contributed by atoms with Crippen LogP contribution in [0.4, 0.5) is 4.39 Å². The number of nitrogens with zero attached hydrogens (tertiary/aromatic N) is 1. The highest BCUT2D eigenvalue weighted by Crippen LogP contribution is 2.31. The van der Waals surface area contributed by atoms with Gasteiger partial charge in [-0.3, -0.25) is 4.79 Å². The lowest BCUT2D eigenvalue weighted by Gasteiger charge is -2.34. The summed E-state index contributed by atoms with van der Waals surface area (Å²) in [7, 11) is 0. The molecule has 2 nitrogen and oxygen atoms in total. The highest BCUT2D eigenvalue weighted by molar-refractivity contribution is 5.74. The molecule has 1 unspecified atom stereocenters. The molecule has 15 heavy (non-hydrogen) atoms. The van der Waals surface area contributed by atoms with Gasteiger partial charge in [0.25, 0.3) is 0 Å². The molecule has 1 heterocycles. The predicted octanol–water partition coefficient (Wildman–Crippen LogP) is 2.29. The van der Waals surface area contributed by atoms with Crippen molar-refractivity contribution >= 4 is 5.91 Å². The number of hydrogen-bond donors (Lipinski definition) is 0. The molecule has 0 bridgehead atoms. The average molecular weight is 207 g/mol. The standard InChI is InChI=1S/C12H14FNO/c1-8-12-10(4-3-5-11(12)13)6-7-14(8)9(2)15/h3-5,8H,6-7H2,1-2H3. The first-order valence-electron chi connectivity index (χ1n) is 5.15. The summed E-state index contributed by atoms with van der Waals surface area (Å²) < 4.78 is 13.6. The molecule has 1 amide bonds. The normalized spacial score (nSPS) is 19.9. The summed E-state index contributed by atoms with van der Waals surface area (Å²) in [5.41, 5.74) is 1.71. The summed E-state index contributed by atoms with van der Waals surface area (Å²) in [4.78, 5) is 13.0. The van der Waals surface area contributed by atoms with Gasteiger partial charge in [0.15, 0.2) is 0 Å². The lowest BCUT2D eigenvalue weighted by Crippen LogP contribution is -2.37. The zero-order valence-electron chi connectivity index (χ0n) is 8.96. The smallest absolute Gasteiger partial charge is 0.219 e. The van der Waals surface area contributed by atoms with Gasteiger partial charge in [0.2, 0.25) is 5.91 Å². The van der Waals surface area contributed by atoms with E-state index in [4.69, 9.17) is 0 Å². The molecule has 2 rings (SSSR count). The minimum absolute atomic E-state index is 0.0106. The van der Waals surface area contributed by atoms with Gasteiger partial charge in [-0.05, 0) is 25.0 Å². The van der Waals surface area contributed by atoms with Gasteiger partial charge in [0.05, 0.1) is 6.04 Å². The molecule has 0 N–H and O–H groups in total. The van der Waals surface area contributed by atoms with Gasteiger partial charge in [-0.2, -0.15) is 0 Å². The number of amides is 1. The largest absolute Gasteiger partial charge is 0.336 e. The fourth-order valence-corrected chi connectivity index (χ4v) is 2.29. The van der Waals surface area contributed by atoms with Crippen molar-refractivity contribution in [2.45, 2.75) is 26.3 Å². The van der Waals surface area contributed by atoms with E-state index in [1.54, 1.807) is 11.0 Å². The second-order valence-electron chi connectivity index (χ2n) is 3.95. The summed E-state index contributed by atoms with van der Waals surface area (Å²) in [5.74, 6) is -0.192. The van der Waals surface area contributed by atoms with Crippen LogP contribution in [0.25, 0.3) is 0 Å². The summed E-state index contributed by atoms with van der Waals surface area (Å²) >= 11 is 0. The van der Waals surface area contributed by atoms with Crippen molar-refractivity contribution in [3.05, 3.63) is 35.1 Å². The molecular formula is C12H14FNO. The van der Waals surface area contributed by atoms with Crippen LogP contribution in [0.2, 0.25) is 0 Å². The van der Waals surface area contributed by atoms with Gasteiger partial charge < -0.3 is 4.90 Å². The van der Waals surface area contributed by atoms with E-state index >= 15 is 0 Å². The fourth-order valence-electron chi connectivity index (χ4n) is 2.29. The van der Waals surface area contributed by atoms with Crippen LogP contribution in [0.5, 0.6) is 0 Å². The van der Waals surface area contributed by atoms with Crippen molar-refractivity contribution in [3.63, 3.8) is 0 Å². The van der Waals surface area contributed by atoms with Crippen LogP contribution in [0.15, 0.2) is 18.2 Å². The first-order valence-corrected chi connectivity index (χ1v) is 5.15. The minimum Gasteiger partial charge on any atom is -0.336 e. The van der Waals surface area contributed by atoms with E-state index in [-0.39, 0.29) is 17.8 Å². The Hall–Kier alpha value is -1.38. The lowest BCUT2D eigenvalue weighted by atomic mass is 9.93. The molecule has 80 valence electrons. The molecule has 3 heteroatoms. The van der Waals surface area contributed by atoms with E-state index in [0.29, 0.717) is 12.1 Å². The summed E-state index contributed by atoms with van der Waals surface area (Å²) in [5, 5.41) is 0. The Morgan fingerprint density at radius 1 is 1.53 bits per heavy atom. The minimum atomic E-state index is -0.203. The van der Waals surface area contributed by atoms with Crippen LogP contribution >= 0.6 is 0 Å². The molecule has 1 aliphatic rings. The van der Waals surface area contributed by atoms with Gasteiger partial charge in [-0.25, -0.2) is 4.39 Å². The molecule has 1 aliphatic heterocycles. The maximum atomic E-state index is 13.6. The van der Waals surface area contributed by atoms with Crippen LogP contribution in [-0.2, 0) is 11.2 Å². The SMILES string of the molecule is CC(=O)N1CCc2cccc(F)c2C1C. The number of fused-ring (bicyclic) bond motifs is 1. The average Bonchev–Trinajstić information content (AvgIpc) is 2.17. The third-order valence-corrected chi connectivity index (χ3v) is 3.06. The number of rotatable bonds is 0. The Kier molecular flexibility index (Phi) is 2.47. The van der Waals surface area contributed by atoms with Crippen LogP contribution in [-0.4, -0.2) is 17.4 Å². The van der Waals surface area contributed by atoms with Crippen molar-refractivity contribution in [1.82, 2.24) is 4.90 Å². The van der Waals surface area contributed by atoms with Crippen molar-refractivity contribution in [3.8, 4) is 0 Å². The van der Waals surface area contributed by atoms with Crippen LogP contribution in [0.1, 0.15) is 31.0 Å².